The standard InChI is InChI=1S/C21H34N6O3S/c1-27(2)10-5-3-4-8-18(28)25-17(12-15-11-14(13-31-15)19(22)23)21(30)26-20(29)16-7-6-9-24-16/h11,13,16-17,24H,3-10,12H2,1-2H3,(H3,22,23)(H,25,28)(H,26,29,30)/t16-,17-/m0/s1. The molecule has 1 fully saturated rings. The number of hydrogen-bond donors (Lipinski definition) is 5. The fraction of sp³-hybridized carbons (Fsp3) is 0.619. The molecule has 0 aliphatic carbocycles. The van der Waals surface area contributed by atoms with Crippen LogP contribution in [0.2, 0.25) is 0 Å². The highest BCUT2D eigenvalue weighted by atomic mass is 32.1. The maximum Gasteiger partial charge on any atom is 0.249 e. The summed E-state index contributed by atoms with van der Waals surface area (Å²) in [6, 6.07) is 0.502. The fourth-order valence-electron chi connectivity index (χ4n) is 3.40. The van der Waals surface area contributed by atoms with Crippen molar-refractivity contribution in [1.82, 2.24) is 20.9 Å². The van der Waals surface area contributed by atoms with E-state index in [0.717, 1.165) is 43.6 Å². The number of hydrogen-bond acceptors (Lipinski definition) is 7. The van der Waals surface area contributed by atoms with E-state index < -0.39 is 11.9 Å². The molecule has 2 heterocycles. The SMILES string of the molecule is CN(C)CCCCCC(=O)N[C@@H](Cc1cc(C(=N)N)cs1)C(=O)NC(=O)[C@@H]1CCCN1. The van der Waals surface area contributed by atoms with Crippen LogP contribution in [-0.4, -0.2) is 67.7 Å². The van der Waals surface area contributed by atoms with Gasteiger partial charge in [-0.3, -0.25) is 25.1 Å². The van der Waals surface area contributed by atoms with Crippen molar-refractivity contribution < 1.29 is 14.4 Å². The first kappa shape index (κ1) is 25.0. The third kappa shape index (κ3) is 8.76. The minimum atomic E-state index is -0.863. The topological polar surface area (TPSA) is 140 Å². The van der Waals surface area contributed by atoms with Gasteiger partial charge in [0.2, 0.25) is 17.7 Å². The lowest BCUT2D eigenvalue weighted by Gasteiger charge is -2.19. The second-order valence-corrected chi connectivity index (χ2v) is 9.15. The lowest BCUT2D eigenvalue weighted by molar-refractivity contribution is -0.134. The molecule has 31 heavy (non-hydrogen) atoms. The van der Waals surface area contributed by atoms with Crippen LogP contribution in [0.5, 0.6) is 0 Å². The van der Waals surface area contributed by atoms with Gasteiger partial charge < -0.3 is 21.3 Å². The summed E-state index contributed by atoms with van der Waals surface area (Å²) in [5, 5.41) is 17.6. The van der Waals surface area contributed by atoms with Crippen LogP contribution >= 0.6 is 11.3 Å². The average Bonchev–Trinajstić information content (AvgIpc) is 3.39. The zero-order valence-corrected chi connectivity index (χ0v) is 19.1. The van der Waals surface area contributed by atoms with Gasteiger partial charge in [0.1, 0.15) is 11.9 Å². The van der Waals surface area contributed by atoms with E-state index in [1.807, 2.05) is 14.1 Å². The number of carbonyl (C=O) groups is 3. The monoisotopic (exact) mass is 450 g/mol. The molecular formula is C21H34N6O3S. The normalized spacial score (nSPS) is 16.8. The Kier molecular flexibility index (Phi) is 10.1. The summed E-state index contributed by atoms with van der Waals surface area (Å²) in [5.74, 6) is -1.13. The molecule has 6 N–H and O–H groups in total. The van der Waals surface area contributed by atoms with Gasteiger partial charge in [-0.1, -0.05) is 6.42 Å². The Morgan fingerprint density at radius 1 is 1.32 bits per heavy atom. The number of nitrogen functional groups attached to an aromatic ring is 1. The van der Waals surface area contributed by atoms with Crippen LogP contribution in [-0.2, 0) is 20.8 Å². The first-order valence-corrected chi connectivity index (χ1v) is 11.6. The first-order chi connectivity index (χ1) is 14.8. The molecule has 2 rings (SSSR count). The second-order valence-electron chi connectivity index (χ2n) is 8.16. The van der Waals surface area contributed by atoms with Gasteiger partial charge >= 0.3 is 0 Å². The minimum absolute atomic E-state index is 0.0484. The molecule has 1 aromatic rings. The molecule has 1 aliphatic heterocycles. The van der Waals surface area contributed by atoms with E-state index in [-0.39, 0.29) is 30.1 Å². The zero-order chi connectivity index (χ0) is 22.8. The summed E-state index contributed by atoms with van der Waals surface area (Å²) < 4.78 is 0. The van der Waals surface area contributed by atoms with Gasteiger partial charge in [0, 0.05) is 28.7 Å². The predicted octanol–water partition coefficient (Wildman–Crippen LogP) is 0.576. The Hall–Kier alpha value is -2.30. The summed E-state index contributed by atoms with van der Waals surface area (Å²) in [5.41, 5.74) is 6.10. The highest BCUT2D eigenvalue weighted by Gasteiger charge is 2.28. The molecule has 2 atom stereocenters. The molecule has 3 amide bonds. The van der Waals surface area contributed by atoms with E-state index in [0.29, 0.717) is 18.4 Å². The van der Waals surface area contributed by atoms with Crippen LogP contribution in [0.3, 0.4) is 0 Å². The molecule has 172 valence electrons. The molecule has 9 nitrogen and oxygen atoms in total. The lowest BCUT2D eigenvalue weighted by Crippen LogP contribution is -2.52. The maximum absolute atomic E-state index is 12.8. The number of nitrogens with two attached hydrogens (primary N) is 1. The highest BCUT2D eigenvalue weighted by molar-refractivity contribution is 7.10. The van der Waals surface area contributed by atoms with Crippen molar-refractivity contribution in [2.75, 3.05) is 27.2 Å². The van der Waals surface area contributed by atoms with Gasteiger partial charge in [0.15, 0.2) is 0 Å². The molecule has 1 aromatic heterocycles. The summed E-state index contributed by atoms with van der Waals surface area (Å²) in [4.78, 5) is 40.5. The molecule has 0 radical (unpaired) electrons. The average molecular weight is 451 g/mol. The zero-order valence-electron chi connectivity index (χ0n) is 18.3. The van der Waals surface area contributed by atoms with Crippen molar-refractivity contribution in [1.29, 1.82) is 5.41 Å². The molecular weight excluding hydrogens is 416 g/mol. The fourth-order valence-corrected chi connectivity index (χ4v) is 4.33. The van der Waals surface area contributed by atoms with Gasteiger partial charge in [-0.05, 0) is 58.9 Å². The van der Waals surface area contributed by atoms with Crippen molar-refractivity contribution in [3.05, 3.63) is 21.9 Å². The maximum atomic E-state index is 12.8. The Morgan fingerprint density at radius 3 is 2.71 bits per heavy atom. The molecule has 0 bridgehead atoms. The Morgan fingerprint density at radius 2 is 2.10 bits per heavy atom. The number of amides is 3. The summed E-state index contributed by atoms with van der Waals surface area (Å²) >= 11 is 1.37. The van der Waals surface area contributed by atoms with Crippen molar-refractivity contribution >= 4 is 34.9 Å². The van der Waals surface area contributed by atoms with E-state index in [1.54, 1.807) is 11.4 Å². The molecule has 0 aromatic carbocycles. The van der Waals surface area contributed by atoms with Gasteiger partial charge in [-0.2, -0.15) is 0 Å². The Balaban J connectivity index is 1.95. The van der Waals surface area contributed by atoms with E-state index in [4.69, 9.17) is 11.1 Å². The lowest BCUT2D eigenvalue weighted by atomic mass is 10.1. The summed E-state index contributed by atoms with van der Waals surface area (Å²) in [7, 11) is 4.03. The predicted molar refractivity (Wildman–Crippen MR) is 122 cm³/mol. The number of rotatable bonds is 12. The van der Waals surface area contributed by atoms with Gasteiger partial charge in [0.05, 0.1) is 6.04 Å². The van der Waals surface area contributed by atoms with Crippen molar-refractivity contribution in [2.45, 2.75) is 57.0 Å². The molecule has 1 saturated heterocycles. The van der Waals surface area contributed by atoms with Crippen LogP contribution in [0.15, 0.2) is 11.4 Å². The minimum Gasteiger partial charge on any atom is -0.384 e. The largest absolute Gasteiger partial charge is 0.384 e. The summed E-state index contributed by atoms with van der Waals surface area (Å²) in [6.07, 6.45) is 4.84. The number of carbonyl (C=O) groups excluding carboxylic acids is 3. The van der Waals surface area contributed by atoms with E-state index in [1.165, 1.54) is 11.3 Å². The van der Waals surface area contributed by atoms with E-state index in [2.05, 4.69) is 20.9 Å². The number of amidine groups is 1. The van der Waals surface area contributed by atoms with Crippen LogP contribution in [0.4, 0.5) is 0 Å². The van der Waals surface area contributed by atoms with Crippen molar-refractivity contribution in [3.63, 3.8) is 0 Å². The highest BCUT2D eigenvalue weighted by Crippen LogP contribution is 2.17. The van der Waals surface area contributed by atoms with Gasteiger partial charge in [-0.15, -0.1) is 11.3 Å². The van der Waals surface area contributed by atoms with E-state index in [9.17, 15) is 14.4 Å². The molecule has 0 unspecified atom stereocenters. The Labute approximate surface area is 187 Å². The number of nitrogens with zero attached hydrogens (tertiary/aromatic N) is 1. The van der Waals surface area contributed by atoms with Crippen molar-refractivity contribution in [3.8, 4) is 0 Å². The summed E-state index contributed by atoms with van der Waals surface area (Å²) in [6.45, 7) is 1.73. The van der Waals surface area contributed by atoms with Crippen LogP contribution in [0.25, 0.3) is 0 Å². The van der Waals surface area contributed by atoms with Crippen molar-refractivity contribution in [2.24, 2.45) is 5.73 Å². The third-order valence-electron chi connectivity index (χ3n) is 5.15. The number of imide groups is 1. The molecule has 0 saturated carbocycles. The third-order valence-corrected chi connectivity index (χ3v) is 6.11. The van der Waals surface area contributed by atoms with E-state index >= 15 is 0 Å². The number of unbranched alkanes of at least 4 members (excludes halogenated alkanes) is 2. The van der Waals surface area contributed by atoms with Crippen LogP contribution in [0, 0.1) is 5.41 Å². The van der Waals surface area contributed by atoms with Crippen LogP contribution < -0.4 is 21.7 Å². The van der Waals surface area contributed by atoms with Gasteiger partial charge in [0.25, 0.3) is 0 Å². The number of nitrogens with one attached hydrogen (secondary N) is 4. The quantitative estimate of drug-likeness (QED) is 0.179. The molecule has 10 heteroatoms. The first-order valence-electron chi connectivity index (χ1n) is 10.7. The molecule has 0 spiro atoms. The molecule has 1 aliphatic rings. The smallest absolute Gasteiger partial charge is 0.249 e. The van der Waals surface area contributed by atoms with Crippen LogP contribution in [0.1, 0.15) is 49.0 Å². The number of thiophene rings is 1. The van der Waals surface area contributed by atoms with Gasteiger partial charge in [-0.25, -0.2) is 0 Å². The second kappa shape index (κ2) is 12.5. The Bertz CT molecular complexity index is 773.